The van der Waals surface area contributed by atoms with E-state index < -0.39 is 5.97 Å². The zero-order valence-corrected chi connectivity index (χ0v) is 14.2. The second-order valence-corrected chi connectivity index (χ2v) is 5.77. The summed E-state index contributed by atoms with van der Waals surface area (Å²) in [6.07, 6.45) is 10.3. The Balaban J connectivity index is 2.48. The molecule has 1 aromatic carbocycles. The van der Waals surface area contributed by atoms with E-state index in [9.17, 15) is 9.59 Å². The summed E-state index contributed by atoms with van der Waals surface area (Å²) in [5.74, 6) is -0.524. The lowest BCUT2D eigenvalue weighted by Crippen LogP contribution is -2.09. The van der Waals surface area contributed by atoms with Gasteiger partial charge in [-0.3, -0.25) is 4.79 Å². The Bertz CT molecular complexity index is 505. The third kappa shape index (κ3) is 7.27. The van der Waals surface area contributed by atoms with Crippen molar-refractivity contribution in [3.8, 4) is 0 Å². The van der Waals surface area contributed by atoms with Gasteiger partial charge in [-0.1, -0.05) is 76.3 Å². The van der Waals surface area contributed by atoms with Gasteiger partial charge < -0.3 is 4.74 Å². The lowest BCUT2D eigenvalue weighted by atomic mass is 9.96. The van der Waals surface area contributed by atoms with E-state index >= 15 is 0 Å². The van der Waals surface area contributed by atoms with Gasteiger partial charge >= 0.3 is 5.97 Å². The number of ether oxygens (including phenoxy) is 1. The Hall–Kier alpha value is -1.90. The van der Waals surface area contributed by atoms with E-state index in [-0.39, 0.29) is 6.61 Å². The van der Waals surface area contributed by atoms with Gasteiger partial charge in [0.2, 0.25) is 0 Å². The zero-order chi connectivity index (χ0) is 16.9. The monoisotopic (exact) mass is 316 g/mol. The number of rotatable bonds is 12. The van der Waals surface area contributed by atoms with Crippen LogP contribution < -0.4 is 0 Å². The van der Waals surface area contributed by atoms with Crippen LogP contribution in [0.2, 0.25) is 0 Å². The van der Waals surface area contributed by atoms with Gasteiger partial charge in [0.15, 0.2) is 6.29 Å². The van der Waals surface area contributed by atoms with Crippen molar-refractivity contribution in [1.82, 2.24) is 0 Å². The van der Waals surface area contributed by atoms with Gasteiger partial charge in [0.25, 0.3) is 0 Å². The standard InChI is InChI=1S/C20H28O3/c1-3-4-5-6-7-8-9-12-18-13-10-11-14-19(18)17(2)20(22)23-16-15-21/h10-11,13-15H,2-9,12,16H2,1H3. The van der Waals surface area contributed by atoms with Gasteiger partial charge in [0.05, 0.1) is 5.57 Å². The quantitative estimate of drug-likeness (QED) is 0.242. The SMILES string of the molecule is C=C(C(=O)OCC=O)c1ccccc1CCCCCCCCC. The van der Waals surface area contributed by atoms with Crippen molar-refractivity contribution in [3.05, 3.63) is 42.0 Å². The molecule has 0 bridgehead atoms. The van der Waals surface area contributed by atoms with Crippen molar-refractivity contribution >= 4 is 17.8 Å². The number of esters is 1. The third-order valence-electron chi connectivity index (χ3n) is 3.92. The first-order valence-electron chi connectivity index (χ1n) is 8.58. The minimum Gasteiger partial charge on any atom is -0.454 e. The van der Waals surface area contributed by atoms with Crippen LogP contribution in [0.3, 0.4) is 0 Å². The number of carbonyl (C=O) groups excluding carboxylic acids is 2. The molecule has 0 aliphatic carbocycles. The average molecular weight is 316 g/mol. The van der Waals surface area contributed by atoms with Crippen molar-refractivity contribution < 1.29 is 14.3 Å². The highest BCUT2D eigenvalue weighted by molar-refractivity contribution is 6.16. The van der Waals surface area contributed by atoms with Crippen molar-refractivity contribution in [2.45, 2.75) is 58.3 Å². The number of aryl methyl sites for hydroxylation is 1. The van der Waals surface area contributed by atoms with E-state index in [1.807, 2.05) is 24.3 Å². The Morgan fingerprint density at radius 1 is 1.09 bits per heavy atom. The molecule has 1 aromatic rings. The van der Waals surface area contributed by atoms with Gasteiger partial charge in [-0.05, 0) is 24.0 Å². The number of hydrogen-bond donors (Lipinski definition) is 0. The van der Waals surface area contributed by atoms with Crippen LogP contribution in [-0.2, 0) is 20.7 Å². The second kappa shape index (κ2) is 11.6. The van der Waals surface area contributed by atoms with Gasteiger partial charge in [-0.15, -0.1) is 0 Å². The molecule has 0 amide bonds. The maximum absolute atomic E-state index is 11.9. The first-order chi connectivity index (χ1) is 11.2. The molecule has 0 fully saturated rings. The molecule has 0 radical (unpaired) electrons. The minimum atomic E-state index is -0.524. The molecule has 23 heavy (non-hydrogen) atoms. The van der Waals surface area contributed by atoms with Crippen LogP contribution >= 0.6 is 0 Å². The van der Waals surface area contributed by atoms with Crippen molar-refractivity contribution in [3.63, 3.8) is 0 Å². The summed E-state index contributed by atoms with van der Waals surface area (Å²) in [6.45, 7) is 5.83. The van der Waals surface area contributed by atoms with E-state index in [2.05, 4.69) is 13.5 Å². The number of benzene rings is 1. The smallest absolute Gasteiger partial charge is 0.338 e. The molecule has 0 atom stereocenters. The highest BCUT2D eigenvalue weighted by Gasteiger charge is 2.14. The van der Waals surface area contributed by atoms with Crippen LogP contribution in [-0.4, -0.2) is 18.9 Å². The summed E-state index contributed by atoms with van der Waals surface area (Å²) in [6, 6.07) is 7.79. The van der Waals surface area contributed by atoms with Gasteiger partial charge in [-0.25, -0.2) is 4.79 Å². The number of hydrogen-bond acceptors (Lipinski definition) is 3. The van der Waals surface area contributed by atoms with Crippen molar-refractivity contribution in [2.24, 2.45) is 0 Å². The molecule has 0 aromatic heterocycles. The number of aldehydes is 1. The average Bonchev–Trinajstić information content (AvgIpc) is 2.58. The largest absolute Gasteiger partial charge is 0.454 e. The molecule has 0 N–H and O–H groups in total. The molecule has 0 aliphatic heterocycles. The van der Waals surface area contributed by atoms with Crippen LogP contribution in [0, 0.1) is 0 Å². The predicted octanol–water partition coefficient (Wildman–Crippen LogP) is 4.74. The summed E-state index contributed by atoms with van der Waals surface area (Å²) in [5, 5.41) is 0. The van der Waals surface area contributed by atoms with Crippen molar-refractivity contribution in [2.75, 3.05) is 6.61 Å². The summed E-state index contributed by atoms with van der Waals surface area (Å²) in [4.78, 5) is 22.1. The maximum atomic E-state index is 11.9. The summed E-state index contributed by atoms with van der Waals surface area (Å²) in [7, 11) is 0. The molecule has 0 saturated carbocycles. The first-order valence-corrected chi connectivity index (χ1v) is 8.58. The van der Waals surface area contributed by atoms with Gasteiger partial charge in [0.1, 0.15) is 6.61 Å². The van der Waals surface area contributed by atoms with E-state index in [1.165, 1.54) is 38.5 Å². The first kappa shape index (κ1) is 19.1. The molecule has 0 unspecified atom stereocenters. The van der Waals surface area contributed by atoms with E-state index in [4.69, 9.17) is 4.74 Å². The fraction of sp³-hybridized carbons (Fsp3) is 0.500. The highest BCUT2D eigenvalue weighted by Crippen LogP contribution is 2.21. The Morgan fingerprint density at radius 2 is 1.74 bits per heavy atom. The van der Waals surface area contributed by atoms with Gasteiger partial charge in [0, 0.05) is 0 Å². The molecular formula is C20H28O3. The molecule has 0 aliphatic rings. The molecule has 3 nitrogen and oxygen atoms in total. The molecule has 1 rings (SSSR count). The van der Waals surface area contributed by atoms with Gasteiger partial charge in [-0.2, -0.15) is 0 Å². The van der Waals surface area contributed by atoms with E-state index in [0.29, 0.717) is 11.9 Å². The van der Waals surface area contributed by atoms with Crippen LogP contribution in [0.1, 0.15) is 63.0 Å². The topological polar surface area (TPSA) is 43.4 Å². The van der Waals surface area contributed by atoms with Crippen LogP contribution in [0.25, 0.3) is 5.57 Å². The molecule has 0 spiro atoms. The molecule has 0 heterocycles. The Kier molecular flexibility index (Phi) is 9.69. The fourth-order valence-corrected chi connectivity index (χ4v) is 2.61. The summed E-state index contributed by atoms with van der Waals surface area (Å²) < 4.78 is 4.84. The predicted molar refractivity (Wildman–Crippen MR) is 94.2 cm³/mol. The second-order valence-electron chi connectivity index (χ2n) is 5.77. The number of carbonyl (C=O) groups is 2. The van der Waals surface area contributed by atoms with Crippen molar-refractivity contribution in [1.29, 1.82) is 0 Å². The molecular weight excluding hydrogens is 288 g/mol. The minimum absolute atomic E-state index is 0.224. The highest BCUT2D eigenvalue weighted by atomic mass is 16.5. The van der Waals surface area contributed by atoms with Crippen LogP contribution in [0.15, 0.2) is 30.8 Å². The number of unbranched alkanes of at least 4 members (excludes halogenated alkanes) is 6. The Morgan fingerprint density at radius 3 is 2.43 bits per heavy atom. The van der Waals surface area contributed by atoms with Crippen LogP contribution in [0.5, 0.6) is 0 Å². The molecule has 0 saturated heterocycles. The summed E-state index contributed by atoms with van der Waals surface area (Å²) >= 11 is 0. The normalized spacial score (nSPS) is 10.3. The summed E-state index contributed by atoms with van der Waals surface area (Å²) in [5.41, 5.74) is 2.27. The molecule has 126 valence electrons. The van der Waals surface area contributed by atoms with E-state index in [1.54, 1.807) is 0 Å². The zero-order valence-electron chi connectivity index (χ0n) is 14.2. The third-order valence-corrected chi connectivity index (χ3v) is 3.92. The lowest BCUT2D eigenvalue weighted by molar-refractivity contribution is -0.139. The van der Waals surface area contributed by atoms with E-state index in [0.717, 1.165) is 24.0 Å². The lowest BCUT2D eigenvalue weighted by Gasteiger charge is -2.11. The maximum Gasteiger partial charge on any atom is 0.338 e. The fourth-order valence-electron chi connectivity index (χ4n) is 2.61. The van der Waals surface area contributed by atoms with Crippen LogP contribution in [0.4, 0.5) is 0 Å². The molecule has 3 heteroatoms. The Labute approximate surface area is 139 Å².